The second-order valence-corrected chi connectivity index (χ2v) is 6.26. The number of aliphatic carboxylic acids is 1. The molecule has 1 fully saturated rings. The molecule has 5 N–H and O–H groups in total. The molecule has 7 heteroatoms. The standard InChI is InChI=1S/C13H23N3O4/c1-12(2,6-9(14)17)16-11(20)15-8-13(4-3-5-13)7-10(18)19/h3-8H2,1-2H3,(H2,14,17)(H,18,19)(H2,15,16,20). The number of hydrogen-bond acceptors (Lipinski definition) is 3. The van der Waals surface area contributed by atoms with E-state index in [0.717, 1.165) is 19.3 Å². The zero-order valence-electron chi connectivity index (χ0n) is 12.0. The van der Waals surface area contributed by atoms with Crippen LogP contribution in [0.5, 0.6) is 0 Å². The van der Waals surface area contributed by atoms with Crippen LogP contribution < -0.4 is 16.4 Å². The highest BCUT2D eigenvalue weighted by molar-refractivity contribution is 5.78. The van der Waals surface area contributed by atoms with Gasteiger partial charge >= 0.3 is 12.0 Å². The van der Waals surface area contributed by atoms with E-state index < -0.39 is 23.4 Å². The summed E-state index contributed by atoms with van der Waals surface area (Å²) in [5.41, 5.74) is 4.06. The first-order valence-electron chi connectivity index (χ1n) is 6.70. The summed E-state index contributed by atoms with van der Waals surface area (Å²) in [5, 5.41) is 14.2. The van der Waals surface area contributed by atoms with Crippen molar-refractivity contribution in [2.45, 2.75) is 51.5 Å². The maximum atomic E-state index is 11.8. The Hall–Kier alpha value is -1.79. The van der Waals surface area contributed by atoms with E-state index in [-0.39, 0.29) is 18.3 Å². The number of hydrogen-bond donors (Lipinski definition) is 4. The van der Waals surface area contributed by atoms with Crippen molar-refractivity contribution < 1.29 is 19.5 Å². The number of nitrogens with two attached hydrogens (primary N) is 1. The topological polar surface area (TPSA) is 122 Å². The number of primary amides is 1. The van der Waals surface area contributed by atoms with Crippen molar-refractivity contribution in [1.29, 1.82) is 0 Å². The first kappa shape index (κ1) is 16.3. The SMILES string of the molecule is CC(C)(CC(N)=O)NC(=O)NCC1(CC(=O)O)CCC1. The predicted octanol–water partition coefficient (Wildman–Crippen LogP) is 0.585. The van der Waals surface area contributed by atoms with Crippen LogP contribution in [0.4, 0.5) is 4.79 Å². The van der Waals surface area contributed by atoms with E-state index in [2.05, 4.69) is 10.6 Å². The monoisotopic (exact) mass is 285 g/mol. The van der Waals surface area contributed by atoms with Crippen molar-refractivity contribution in [2.24, 2.45) is 11.1 Å². The third kappa shape index (κ3) is 5.07. The highest BCUT2D eigenvalue weighted by atomic mass is 16.4. The van der Waals surface area contributed by atoms with Gasteiger partial charge in [-0.25, -0.2) is 4.79 Å². The molecule has 0 aromatic heterocycles. The molecule has 0 saturated heterocycles. The lowest BCUT2D eigenvalue weighted by Gasteiger charge is -2.41. The van der Waals surface area contributed by atoms with Gasteiger partial charge in [-0.3, -0.25) is 9.59 Å². The van der Waals surface area contributed by atoms with Gasteiger partial charge in [0.1, 0.15) is 0 Å². The second kappa shape index (κ2) is 6.11. The molecule has 0 unspecified atom stereocenters. The van der Waals surface area contributed by atoms with Crippen molar-refractivity contribution in [3.05, 3.63) is 0 Å². The molecule has 1 rings (SSSR count). The molecule has 0 aliphatic heterocycles. The molecule has 0 radical (unpaired) electrons. The molecule has 1 aliphatic rings. The van der Waals surface area contributed by atoms with Gasteiger partial charge in [-0.1, -0.05) is 6.42 Å². The number of urea groups is 1. The van der Waals surface area contributed by atoms with Gasteiger partial charge in [0.15, 0.2) is 0 Å². The molecule has 0 aromatic carbocycles. The zero-order chi connectivity index (χ0) is 15.4. The smallest absolute Gasteiger partial charge is 0.315 e. The van der Waals surface area contributed by atoms with E-state index in [4.69, 9.17) is 10.8 Å². The first-order valence-corrected chi connectivity index (χ1v) is 6.70. The van der Waals surface area contributed by atoms with Crippen LogP contribution >= 0.6 is 0 Å². The Kier molecular flexibility index (Phi) is 4.97. The molecular formula is C13H23N3O4. The Bertz CT molecular complexity index is 402. The molecule has 0 heterocycles. The Balaban J connectivity index is 2.42. The number of carboxylic acid groups (broad SMARTS) is 1. The lowest BCUT2D eigenvalue weighted by Crippen LogP contribution is -2.53. The first-order chi connectivity index (χ1) is 9.14. The van der Waals surface area contributed by atoms with Crippen LogP contribution in [0, 0.1) is 5.41 Å². The van der Waals surface area contributed by atoms with Crippen molar-refractivity contribution in [2.75, 3.05) is 6.54 Å². The van der Waals surface area contributed by atoms with Crippen molar-refractivity contribution in [3.63, 3.8) is 0 Å². The highest BCUT2D eigenvalue weighted by Crippen LogP contribution is 2.43. The van der Waals surface area contributed by atoms with Crippen molar-refractivity contribution >= 4 is 17.9 Å². The second-order valence-electron chi connectivity index (χ2n) is 6.26. The summed E-state index contributed by atoms with van der Waals surface area (Å²) in [7, 11) is 0. The Labute approximate surface area is 118 Å². The normalized spacial score (nSPS) is 16.9. The van der Waals surface area contributed by atoms with Crippen LogP contribution in [0.1, 0.15) is 46.0 Å². The third-order valence-corrected chi connectivity index (χ3v) is 3.63. The number of carbonyl (C=O) groups excluding carboxylic acids is 2. The number of carbonyl (C=O) groups is 3. The zero-order valence-corrected chi connectivity index (χ0v) is 12.0. The van der Waals surface area contributed by atoms with Gasteiger partial charge in [0.25, 0.3) is 0 Å². The minimum absolute atomic E-state index is 0.0423. The fourth-order valence-corrected chi connectivity index (χ4v) is 2.51. The summed E-state index contributed by atoms with van der Waals surface area (Å²) in [6, 6.07) is -0.409. The van der Waals surface area contributed by atoms with Gasteiger partial charge in [-0.15, -0.1) is 0 Å². The van der Waals surface area contributed by atoms with E-state index in [1.54, 1.807) is 13.8 Å². The van der Waals surface area contributed by atoms with Gasteiger partial charge < -0.3 is 21.5 Å². The lowest BCUT2D eigenvalue weighted by molar-refractivity contribution is -0.141. The summed E-state index contributed by atoms with van der Waals surface area (Å²) in [6.07, 6.45) is 2.72. The quantitative estimate of drug-likeness (QED) is 0.546. The van der Waals surface area contributed by atoms with Crippen LogP contribution in [0.2, 0.25) is 0 Å². The number of carboxylic acids is 1. The summed E-state index contributed by atoms with van der Waals surface area (Å²) < 4.78 is 0. The molecule has 0 spiro atoms. The summed E-state index contributed by atoms with van der Waals surface area (Å²) in [5.74, 6) is -1.34. The van der Waals surface area contributed by atoms with Gasteiger partial charge in [0.05, 0.1) is 6.42 Å². The van der Waals surface area contributed by atoms with E-state index in [1.165, 1.54) is 0 Å². The molecular weight excluding hydrogens is 262 g/mol. The number of rotatable bonds is 7. The molecule has 3 amide bonds. The Morgan fingerprint density at radius 2 is 1.90 bits per heavy atom. The van der Waals surface area contributed by atoms with Crippen LogP contribution in [0.25, 0.3) is 0 Å². The Morgan fingerprint density at radius 3 is 2.30 bits per heavy atom. The molecule has 1 aliphatic carbocycles. The summed E-state index contributed by atoms with van der Waals surface area (Å²) >= 11 is 0. The lowest BCUT2D eigenvalue weighted by atomic mass is 9.66. The molecule has 7 nitrogen and oxygen atoms in total. The predicted molar refractivity (Wildman–Crippen MR) is 73.0 cm³/mol. The van der Waals surface area contributed by atoms with Gasteiger partial charge in [0, 0.05) is 18.5 Å². The van der Waals surface area contributed by atoms with Gasteiger partial charge in [-0.05, 0) is 32.1 Å². The molecule has 0 bridgehead atoms. The number of nitrogens with one attached hydrogen (secondary N) is 2. The maximum Gasteiger partial charge on any atom is 0.315 e. The molecule has 20 heavy (non-hydrogen) atoms. The molecule has 0 atom stereocenters. The van der Waals surface area contributed by atoms with E-state index in [9.17, 15) is 14.4 Å². The van der Waals surface area contributed by atoms with Crippen molar-refractivity contribution in [1.82, 2.24) is 10.6 Å². The highest BCUT2D eigenvalue weighted by Gasteiger charge is 2.39. The largest absolute Gasteiger partial charge is 0.481 e. The van der Waals surface area contributed by atoms with Crippen LogP contribution in [-0.2, 0) is 9.59 Å². The van der Waals surface area contributed by atoms with E-state index >= 15 is 0 Å². The van der Waals surface area contributed by atoms with Crippen LogP contribution in [0.3, 0.4) is 0 Å². The number of amides is 3. The minimum atomic E-state index is -0.846. The summed E-state index contributed by atoms with van der Waals surface area (Å²) in [6.45, 7) is 3.74. The van der Waals surface area contributed by atoms with E-state index in [1.807, 2.05) is 0 Å². The van der Waals surface area contributed by atoms with Crippen LogP contribution in [-0.4, -0.2) is 35.1 Å². The van der Waals surface area contributed by atoms with Crippen LogP contribution in [0.15, 0.2) is 0 Å². The minimum Gasteiger partial charge on any atom is -0.481 e. The average molecular weight is 285 g/mol. The summed E-state index contributed by atoms with van der Waals surface area (Å²) in [4.78, 5) is 33.5. The average Bonchev–Trinajstić information content (AvgIpc) is 2.18. The fourth-order valence-electron chi connectivity index (χ4n) is 2.51. The van der Waals surface area contributed by atoms with Crippen molar-refractivity contribution in [3.8, 4) is 0 Å². The third-order valence-electron chi connectivity index (χ3n) is 3.63. The molecule has 0 aromatic rings. The van der Waals surface area contributed by atoms with Gasteiger partial charge in [-0.2, -0.15) is 0 Å². The molecule has 114 valence electrons. The maximum absolute atomic E-state index is 11.8. The Morgan fingerprint density at radius 1 is 1.30 bits per heavy atom. The van der Waals surface area contributed by atoms with E-state index in [0.29, 0.717) is 6.54 Å². The molecule has 1 saturated carbocycles. The fraction of sp³-hybridized carbons (Fsp3) is 0.769. The van der Waals surface area contributed by atoms with Gasteiger partial charge in [0.2, 0.25) is 5.91 Å².